The van der Waals surface area contributed by atoms with Crippen molar-refractivity contribution < 1.29 is 9.66 Å². The van der Waals surface area contributed by atoms with Gasteiger partial charge in [0.2, 0.25) is 5.88 Å². The molecule has 1 aromatic rings. The lowest BCUT2D eigenvalue weighted by Crippen LogP contribution is -2.23. The largest absolute Gasteiger partial charge is 0.474 e. The molecule has 0 atom stereocenters. The number of halogens is 1. The summed E-state index contributed by atoms with van der Waals surface area (Å²) in [5.74, 6) is 0.972. The highest BCUT2D eigenvalue weighted by Crippen LogP contribution is 2.28. The average molecular weight is 271 g/mol. The van der Waals surface area contributed by atoms with Gasteiger partial charge in [-0.2, -0.15) is 0 Å². The first-order chi connectivity index (χ1) is 8.54. The molecule has 1 heterocycles. The second-order valence-corrected chi connectivity index (χ2v) is 5.13. The minimum atomic E-state index is -0.497. The van der Waals surface area contributed by atoms with Gasteiger partial charge in [-0.3, -0.25) is 10.1 Å². The van der Waals surface area contributed by atoms with Crippen molar-refractivity contribution in [2.24, 2.45) is 5.92 Å². The van der Waals surface area contributed by atoms with Crippen LogP contribution in [0.3, 0.4) is 0 Å². The molecule has 0 saturated heterocycles. The van der Waals surface area contributed by atoms with Crippen LogP contribution in [-0.4, -0.2) is 16.0 Å². The number of hydrogen-bond donors (Lipinski definition) is 0. The summed E-state index contributed by atoms with van der Waals surface area (Å²) in [4.78, 5) is 14.2. The number of ether oxygens (including phenoxy) is 1. The first-order valence-electron chi connectivity index (χ1n) is 6.03. The predicted molar refractivity (Wildman–Crippen MR) is 67.9 cm³/mol. The van der Waals surface area contributed by atoms with E-state index in [0.29, 0.717) is 0 Å². The quantitative estimate of drug-likeness (QED) is 0.478. The molecule has 0 aliphatic heterocycles. The van der Waals surface area contributed by atoms with Crippen molar-refractivity contribution in [2.45, 2.75) is 38.7 Å². The van der Waals surface area contributed by atoms with Crippen molar-refractivity contribution in [1.82, 2.24) is 4.98 Å². The predicted octanol–water partition coefficient (Wildman–Crippen LogP) is 3.60. The van der Waals surface area contributed by atoms with Crippen LogP contribution in [0.15, 0.2) is 12.1 Å². The van der Waals surface area contributed by atoms with Gasteiger partial charge in [0.1, 0.15) is 11.3 Å². The number of nitrogens with zero attached hydrogens (tertiary/aromatic N) is 2. The summed E-state index contributed by atoms with van der Waals surface area (Å²) < 4.78 is 5.68. The van der Waals surface area contributed by atoms with E-state index in [0.717, 1.165) is 31.6 Å². The summed E-state index contributed by atoms with van der Waals surface area (Å²) in [7, 11) is 0. The molecule has 1 aliphatic rings. The molecule has 1 aromatic heterocycles. The molecule has 6 heteroatoms. The van der Waals surface area contributed by atoms with Crippen LogP contribution in [0.1, 0.15) is 32.6 Å². The van der Waals surface area contributed by atoms with E-state index in [1.165, 1.54) is 12.1 Å². The zero-order valence-corrected chi connectivity index (χ0v) is 10.9. The van der Waals surface area contributed by atoms with E-state index in [2.05, 4.69) is 11.9 Å². The van der Waals surface area contributed by atoms with Crippen LogP contribution in [0.4, 0.5) is 5.69 Å². The minimum Gasteiger partial charge on any atom is -0.474 e. The summed E-state index contributed by atoms with van der Waals surface area (Å²) in [6, 6.07) is 2.54. The van der Waals surface area contributed by atoms with Gasteiger partial charge in [0.05, 0.1) is 17.1 Å². The van der Waals surface area contributed by atoms with Crippen LogP contribution in [-0.2, 0) is 0 Å². The number of pyridine rings is 1. The Hall–Kier alpha value is -1.36. The Morgan fingerprint density at radius 3 is 2.67 bits per heavy atom. The zero-order valence-electron chi connectivity index (χ0n) is 10.1. The lowest BCUT2D eigenvalue weighted by Gasteiger charge is -2.26. The van der Waals surface area contributed by atoms with Gasteiger partial charge in [-0.25, -0.2) is 4.98 Å². The Bertz CT molecular complexity index is 445. The SMILES string of the molecule is CC1CCC(Oc2cc([N+](=O)[O-])cc(Cl)n2)CC1. The van der Waals surface area contributed by atoms with E-state index < -0.39 is 4.92 Å². The van der Waals surface area contributed by atoms with Gasteiger partial charge in [-0.05, 0) is 31.6 Å². The van der Waals surface area contributed by atoms with Crippen molar-refractivity contribution in [1.29, 1.82) is 0 Å². The van der Waals surface area contributed by atoms with Gasteiger partial charge in [0.25, 0.3) is 5.69 Å². The van der Waals surface area contributed by atoms with Gasteiger partial charge in [0, 0.05) is 0 Å². The van der Waals surface area contributed by atoms with Crippen molar-refractivity contribution in [3.8, 4) is 5.88 Å². The molecule has 5 nitrogen and oxygen atoms in total. The fourth-order valence-electron chi connectivity index (χ4n) is 2.14. The van der Waals surface area contributed by atoms with Crippen LogP contribution in [0.5, 0.6) is 5.88 Å². The molecule has 0 unspecified atom stereocenters. The lowest BCUT2D eigenvalue weighted by molar-refractivity contribution is -0.385. The Morgan fingerprint density at radius 1 is 1.39 bits per heavy atom. The van der Waals surface area contributed by atoms with Crippen molar-refractivity contribution in [2.75, 3.05) is 0 Å². The first kappa shape index (κ1) is 13.1. The molecular formula is C12H15ClN2O3. The van der Waals surface area contributed by atoms with Crippen LogP contribution >= 0.6 is 11.6 Å². The van der Waals surface area contributed by atoms with Gasteiger partial charge in [-0.1, -0.05) is 18.5 Å². The van der Waals surface area contributed by atoms with Crippen LogP contribution < -0.4 is 4.74 Å². The Balaban J connectivity index is 2.07. The summed E-state index contributed by atoms with van der Waals surface area (Å²) in [6.07, 6.45) is 4.25. The van der Waals surface area contributed by atoms with Crippen molar-refractivity contribution >= 4 is 17.3 Å². The topological polar surface area (TPSA) is 65.3 Å². The van der Waals surface area contributed by atoms with Crippen molar-refractivity contribution in [3.05, 3.63) is 27.4 Å². The molecule has 18 heavy (non-hydrogen) atoms. The zero-order chi connectivity index (χ0) is 13.1. The lowest BCUT2D eigenvalue weighted by atomic mass is 9.89. The van der Waals surface area contributed by atoms with E-state index in [1.54, 1.807) is 0 Å². The summed E-state index contributed by atoms with van der Waals surface area (Å²) >= 11 is 5.74. The Labute approximate surface area is 110 Å². The summed E-state index contributed by atoms with van der Waals surface area (Å²) in [5.41, 5.74) is -0.0887. The minimum absolute atomic E-state index is 0.0865. The third-order valence-electron chi connectivity index (χ3n) is 3.22. The molecule has 0 amide bonds. The molecule has 0 radical (unpaired) electrons. The number of rotatable bonds is 3. The molecule has 2 rings (SSSR count). The summed E-state index contributed by atoms with van der Waals surface area (Å²) in [5, 5.41) is 10.8. The smallest absolute Gasteiger partial charge is 0.277 e. The number of aromatic nitrogens is 1. The Kier molecular flexibility index (Phi) is 4.01. The van der Waals surface area contributed by atoms with E-state index in [-0.39, 0.29) is 22.8 Å². The maximum absolute atomic E-state index is 10.7. The highest BCUT2D eigenvalue weighted by molar-refractivity contribution is 6.29. The normalized spacial score (nSPS) is 23.7. The highest BCUT2D eigenvalue weighted by atomic mass is 35.5. The second-order valence-electron chi connectivity index (χ2n) is 4.74. The third-order valence-corrected chi connectivity index (χ3v) is 3.41. The fraction of sp³-hybridized carbons (Fsp3) is 0.583. The fourth-order valence-corrected chi connectivity index (χ4v) is 2.34. The molecular weight excluding hydrogens is 256 g/mol. The van der Waals surface area contributed by atoms with E-state index in [4.69, 9.17) is 16.3 Å². The maximum atomic E-state index is 10.7. The van der Waals surface area contributed by atoms with Crippen LogP contribution in [0, 0.1) is 16.0 Å². The van der Waals surface area contributed by atoms with Gasteiger partial charge >= 0.3 is 0 Å². The average Bonchev–Trinajstić information content (AvgIpc) is 2.31. The van der Waals surface area contributed by atoms with Crippen LogP contribution in [0.2, 0.25) is 5.15 Å². The molecule has 0 aromatic carbocycles. The molecule has 1 saturated carbocycles. The van der Waals surface area contributed by atoms with Gasteiger partial charge in [0.15, 0.2) is 0 Å². The first-order valence-corrected chi connectivity index (χ1v) is 6.41. The highest BCUT2D eigenvalue weighted by Gasteiger charge is 2.21. The molecule has 98 valence electrons. The van der Waals surface area contributed by atoms with E-state index in [1.807, 2.05) is 0 Å². The van der Waals surface area contributed by atoms with E-state index >= 15 is 0 Å². The van der Waals surface area contributed by atoms with Crippen LogP contribution in [0.25, 0.3) is 0 Å². The molecule has 1 aliphatic carbocycles. The Morgan fingerprint density at radius 2 is 2.06 bits per heavy atom. The maximum Gasteiger partial charge on any atom is 0.277 e. The molecule has 0 bridgehead atoms. The second kappa shape index (κ2) is 5.52. The van der Waals surface area contributed by atoms with Gasteiger partial charge < -0.3 is 4.74 Å². The molecule has 0 N–H and O–H groups in total. The monoisotopic (exact) mass is 270 g/mol. The standard InChI is InChI=1S/C12H15ClN2O3/c1-8-2-4-10(5-3-8)18-12-7-9(15(16)17)6-11(13)14-12/h6-8,10H,2-5H2,1H3. The van der Waals surface area contributed by atoms with Crippen molar-refractivity contribution in [3.63, 3.8) is 0 Å². The van der Waals surface area contributed by atoms with Gasteiger partial charge in [-0.15, -0.1) is 0 Å². The number of hydrogen-bond acceptors (Lipinski definition) is 4. The molecule has 0 spiro atoms. The van der Waals surface area contributed by atoms with E-state index in [9.17, 15) is 10.1 Å². The summed E-state index contributed by atoms with van der Waals surface area (Å²) in [6.45, 7) is 2.22. The number of nitro groups is 1. The third kappa shape index (κ3) is 3.32. The molecule has 1 fully saturated rings.